The average Bonchev–Trinajstić information content (AvgIpc) is 2.94. The van der Waals surface area contributed by atoms with Crippen LogP contribution in [-0.2, 0) is 13.0 Å². The summed E-state index contributed by atoms with van der Waals surface area (Å²) >= 11 is 1.72. The number of halogens is 1. The van der Waals surface area contributed by atoms with Crippen LogP contribution < -0.4 is 15.4 Å². The van der Waals surface area contributed by atoms with E-state index in [9.17, 15) is 0 Å². The minimum Gasteiger partial charge on any atom is -0.497 e. The van der Waals surface area contributed by atoms with Gasteiger partial charge in [0.15, 0.2) is 5.96 Å². The standard InChI is InChI=1S/C19H28N4OS.HI/c1-5-20-19(22-13-18-23-14(2)15(3)25-18)21-11-7-9-16-8-6-10-17(12-16)24-4;/h6,8,10,12H,5,7,9,11,13H2,1-4H3,(H2,20,21,22);1H. The molecule has 7 heteroatoms. The zero-order valence-electron chi connectivity index (χ0n) is 16.0. The Morgan fingerprint density at radius 3 is 2.73 bits per heavy atom. The predicted molar refractivity (Wildman–Crippen MR) is 121 cm³/mol. The molecule has 0 spiro atoms. The largest absolute Gasteiger partial charge is 0.497 e. The maximum absolute atomic E-state index is 5.27. The van der Waals surface area contributed by atoms with Crippen molar-refractivity contribution in [1.82, 2.24) is 15.6 Å². The highest BCUT2D eigenvalue weighted by Gasteiger charge is 2.04. The minimum absolute atomic E-state index is 0. The fraction of sp³-hybridized carbons (Fsp3) is 0.474. The second-order valence-corrected chi connectivity index (χ2v) is 7.11. The van der Waals surface area contributed by atoms with E-state index >= 15 is 0 Å². The minimum atomic E-state index is 0. The molecule has 0 aliphatic carbocycles. The third-order valence-corrected chi connectivity index (χ3v) is 4.92. The van der Waals surface area contributed by atoms with Crippen molar-refractivity contribution in [3.8, 4) is 5.75 Å². The van der Waals surface area contributed by atoms with E-state index in [2.05, 4.69) is 46.6 Å². The normalized spacial score (nSPS) is 11.0. The van der Waals surface area contributed by atoms with Gasteiger partial charge in [-0.2, -0.15) is 0 Å². The highest BCUT2D eigenvalue weighted by Crippen LogP contribution is 2.17. The summed E-state index contributed by atoms with van der Waals surface area (Å²) in [6.07, 6.45) is 2.04. The van der Waals surface area contributed by atoms with Gasteiger partial charge in [-0.15, -0.1) is 35.3 Å². The maximum Gasteiger partial charge on any atom is 0.191 e. The zero-order valence-corrected chi connectivity index (χ0v) is 19.1. The third kappa shape index (κ3) is 7.49. The Balaban J connectivity index is 0.00000338. The summed E-state index contributed by atoms with van der Waals surface area (Å²) in [6.45, 7) is 8.55. The molecule has 2 aromatic rings. The fourth-order valence-corrected chi connectivity index (χ4v) is 3.28. The van der Waals surface area contributed by atoms with E-state index in [0.29, 0.717) is 6.54 Å². The monoisotopic (exact) mass is 488 g/mol. The van der Waals surface area contributed by atoms with Crippen molar-refractivity contribution in [2.24, 2.45) is 4.99 Å². The van der Waals surface area contributed by atoms with Gasteiger partial charge >= 0.3 is 0 Å². The van der Waals surface area contributed by atoms with Gasteiger partial charge in [0.1, 0.15) is 10.8 Å². The molecular weight excluding hydrogens is 459 g/mol. The molecule has 0 amide bonds. The van der Waals surface area contributed by atoms with Crippen LogP contribution in [0.2, 0.25) is 0 Å². The number of methoxy groups -OCH3 is 1. The SMILES string of the molecule is CCNC(=NCc1nc(C)c(C)s1)NCCCc1cccc(OC)c1.I. The number of ether oxygens (including phenoxy) is 1. The molecule has 2 N–H and O–H groups in total. The van der Waals surface area contributed by atoms with Gasteiger partial charge in [0.2, 0.25) is 0 Å². The number of hydrogen-bond acceptors (Lipinski definition) is 4. The van der Waals surface area contributed by atoms with Gasteiger partial charge in [0.25, 0.3) is 0 Å². The molecule has 1 heterocycles. The van der Waals surface area contributed by atoms with Gasteiger partial charge in [-0.05, 0) is 51.3 Å². The summed E-state index contributed by atoms with van der Waals surface area (Å²) in [4.78, 5) is 10.4. The quantitative estimate of drug-likeness (QED) is 0.255. The van der Waals surface area contributed by atoms with Crippen LogP contribution in [-0.4, -0.2) is 31.1 Å². The van der Waals surface area contributed by atoms with Gasteiger partial charge in [0.05, 0.1) is 19.3 Å². The molecule has 1 aromatic heterocycles. The number of benzene rings is 1. The second-order valence-electron chi connectivity index (χ2n) is 5.83. The average molecular weight is 488 g/mol. The first kappa shape index (κ1) is 22.7. The Morgan fingerprint density at radius 1 is 1.27 bits per heavy atom. The van der Waals surface area contributed by atoms with E-state index < -0.39 is 0 Å². The first-order valence-corrected chi connectivity index (χ1v) is 9.52. The number of aliphatic imine (C=N–C) groups is 1. The number of aryl methyl sites for hydroxylation is 3. The van der Waals surface area contributed by atoms with Crippen molar-refractivity contribution >= 4 is 41.3 Å². The van der Waals surface area contributed by atoms with Crippen LogP contribution in [0.3, 0.4) is 0 Å². The maximum atomic E-state index is 5.27. The molecule has 0 aliphatic heterocycles. The first-order valence-electron chi connectivity index (χ1n) is 8.70. The lowest BCUT2D eigenvalue weighted by molar-refractivity contribution is 0.414. The number of rotatable bonds is 8. The molecule has 1 aromatic carbocycles. The second kappa shape index (κ2) is 12.1. The van der Waals surface area contributed by atoms with Crippen LogP contribution in [0.15, 0.2) is 29.3 Å². The number of thiazole rings is 1. The van der Waals surface area contributed by atoms with E-state index in [0.717, 1.165) is 48.3 Å². The summed E-state index contributed by atoms with van der Waals surface area (Å²) in [7, 11) is 1.70. The molecule has 0 unspecified atom stereocenters. The topological polar surface area (TPSA) is 58.5 Å². The summed E-state index contributed by atoms with van der Waals surface area (Å²) in [5, 5.41) is 7.74. The third-order valence-electron chi connectivity index (χ3n) is 3.86. The molecule has 0 aliphatic rings. The lowest BCUT2D eigenvalue weighted by atomic mass is 10.1. The molecule has 0 atom stereocenters. The molecule has 26 heavy (non-hydrogen) atoms. The zero-order chi connectivity index (χ0) is 18.1. The molecule has 0 radical (unpaired) electrons. The fourth-order valence-electron chi connectivity index (χ4n) is 2.42. The van der Waals surface area contributed by atoms with Crippen molar-refractivity contribution < 1.29 is 4.74 Å². The van der Waals surface area contributed by atoms with Crippen LogP contribution in [0.5, 0.6) is 5.75 Å². The Hall–Kier alpha value is -1.35. The summed E-state index contributed by atoms with van der Waals surface area (Å²) in [5.41, 5.74) is 2.39. The summed E-state index contributed by atoms with van der Waals surface area (Å²) in [5.74, 6) is 1.76. The van der Waals surface area contributed by atoms with Gasteiger partial charge in [0, 0.05) is 18.0 Å². The number of guanidine groups is 1. The van der Waals surface area contributed by atoms with Crippen LogP contribution in [0.1, 0.15) is 34.5 Å². The lowest BCUT2D eigenvalue weighted by Gasteiger charge is -2.11. The Kier molecular flexibility index (Phi) is 10.6. The van der Waals surface area contributed by atoms with Crippen LogP contribution in [0.4, 0.5) is 0 Å². The van der Waals surface area contributed by atoms with E-state index in [1.807, 2.05) is 19.1 Å². The van der Waals surface area contributed by atoms with Gasteiger partial charge in [-0.1, -0.05) is 12.1 Å². The Bertz CT molecular complexity index is 683. The molecule has 0 bridgehead atoms. The Labute approximate surface area is 177 Å². The van der Waals surface area contributed by atoms with Gasteiger partial charge < -0.3 is 15.4 Å². The highest BCUT2D eigenvalue weighted by molar-refractivity contribution is 14.0. The highest BCUT2D eigenvalue weighted by atomic mass is 127. The van der Waals surface area contributed by atoms with E-state index in [1.165, 1.54) is 10.4 Å². The van der Waals surface area contributed by atoms with Crippen LogP contribution >= 0.6 is 35.3 Å². The van der Waals surface area contributed by atoms with Gasteiger partial charge in [-0.25, -0.2) is 9.98 Å². The van der Waals surface area contributed by atoms with Crippen LogP contribution in [0.25, 0.3) is 0 Å². The number of nitrogens with zero attached hydrogens (tertiary/aromatic N) is 2. The van der Waals surface area contributed by atoms with Crippen molar-refractivity contribution in [2.45, 2.75) is 40.2 Å². The number of nitrogens with one attached hydrogen (secondary N) is 2. The van der Waals surface area contributed by atoms with Crippen LogP contribution in [0, 0.1) is 13.8 Å². The van der Waals surface area contributed by atoms with Gasteiger partial charge in [-0.3, -0.25) is 0 Å². The predicted octanol–water partition coefficient (Wildman–Crippen LogP) is 4.07. The first-order chi connectivity index (χ1) is 12.1. The molecule has 144 valence electrons. The molecule has 0 fully saturated rings. The van der Waals surface area contributed by atoms with E-state index in [1.54, 1.807) is 18.4 Å². The van der Waals surface area contributed by atoms with Crippen molar-refractivity contribution in [3.05, 3.63) is 45.4 Å². The van der Waals surface area contributed by atoms with Crippen molar-refractivity contribution in [2.75, 3.05) is 20.2 Å². The number of hydrogen-bond donors (Lipinski definition) is 2. The van der Waals surface area contributed by atoms with E-state index in [-0.39, 0.29) is 24.0 Å². The molecular formula is C19H29IN4OS. The Morgan fingerprint density at radius 2 is 2.08 bits per heavy atom. The smallest absolute Gasteiger partial charge is 0.191 e. The molecule has 0 saturated heterocycles. The van der Waals surface area contributed by atoms with Crippen molar-refractivity contribution in [1.29, 1.82) is 0 Å². The van der Waals surface area contributed by atoms with Crippen molar-refractivity contribution in [3.63, 3.8) is 0 Å². The molecule has 5 nitrogen and oxygen atoms in total. The van der Waals surface area contributed by atoms with E-state index in [4.69, 9.17) is 4.74 Å². The number of aromatic nitrogens is 1. The molecule has 2 rings (SSSR count). The summed E-state index contributed by atoms with van der Waals surface area (Å²) < 4.78 is 5.27. The molecule has 0 saturated carbocycles. The summed E-state index contributed by atoms with van der Waals surface area (Å²) in [6, 6.07) is 8.23. The lowest BCUT2D eigenvalue weighted by Crippen LogP contribution is -2.37.